The van der Waals surface area contributed by atoms with Gasteiger partial charge in [-0.05, 0) is 26.2 Å². The molecule has 1 heterocycles. The highest BCUT2D eigenvalue weighted by atomic mass is 16.6. The van der Waals surface area contributed by atoms with Gasteiger partial charge in [-0.1, -0.05) is 45.4 Å². The van der Waals surface area contributed by atoms with Gasteiger partial charge in [-0.3, -0.25) is 4.79 Å². The van der Waals surface area contributed by atoms with Crippen molar-refractivity contribution in [1.82, 2.24) is 0 Å². The van der Waals surface area contributed by atoms with Gasteiger partial charge in [0.2, 0.25) is 0 Å². The van der Waals surface area contributed by atoms with Gasteiger partial charge in [0.25, 0.3) is 0 Å². The maximum absolute atomic E-state index is 11.1. The summed E-state index contributed by atoms with van der Waals surface area (Å²) in [6.45, 7) is 4.59. The molecule has 0 aromatic rings. The van der Waals surface area contributed by atoms with Crippen molar-refractivity contribution >= 4 is 5.97 Å². The van der Waals surface area contributed by atoms with Gasteiger partial charge in [-0.15, -0.1) is 0 Å². The van der Waals surface area contributed by atoms with E-state index in [4.69, 9.17) is 9.47 Å². The SMILES string of the molecule is CCCCCCCC1OC1CCCCC(=O)OCC. The predicted octanol–water partition coefficient (Wildman–Crippen LogP) is 4.24. The molecule has 1 aliphatic rings. The molecule has 0 aromatic carbocycles. The Kier molecular flexibility index (Phi) is 8.89. The van der Waals surface area contributed by atoms with Gasteiger partial charge in [-0.2, -0.15) is 0 Å². The van der Waals surface area contributed by atoms with Crippen LogP contribution in [-0.4, -0.2) is 24.8 Å². The van der Waals surface area contributed by atoms with Gasteiger partial charge >= 0.3 is 5.97 Å². The first kappa shape index (κ1) is 16.5. The summed E-state index contributed by atoms with van der Waals surface area (Å²) in [5, 5.41) is 0. The zero-order valence-electron chi connectivity index (χ0n) is 12.7. The van der Waals surface area contributed by atoms with E-state index < -0.39 is 0 Å². The molecule has 1 saturated heterocycles. The number of rotatable bonds is 12. The van der Waals surface area contributed by atoms with E-state index in [0.29, 0.717) is 25.2 Å². The monoisotopic (exact) mass is 270 g/mol. The summed E-state index contributed by atoms with van der Waals surface area (Å²) in [7, 11) is 0. The lowest BCUT2D eigenvalue weighted by Gasteiger charge is -2.00. The maximum Gasteiger partial charge on any atom is 0.305 e. The number of epoxide rings is 1. The van der Waals surface area contributed by atoms with Crippen molar-refractivity contribution in [3.8, 4) is 0 Å². The molecule has 3 heteroatoms. The third kappa shape index (κ3) is 8.25. The molecule has 1 aliphatic heterocycles. The molecule has 1 fully saturated rings. The summed E-state index contributed by atoms with van der Waals surface area (Å²) >= 11 is 0. The topological polar surface area (TPSA) is 38.8 Å². The first-order valence-electron chi connectivity index (χ1n) is 8.09. The number of esters is 1. The van der Waals surface area contributed by atoms with Crippen molar-refractivity contribution in [2.24, 2.45) is 0 Å². The summed E-state index contributed by atoms with van der Waals surface area (Å²) in [5.74, 6) is -0.0633. The summed E-state index contributed by atoms with van der Waals surface area (Å²) < 4.78 is 10.6. The molecule has 0 spiro atoms. The number of carbonyl (C=O) groups excluding carboxylic acids is 1. The van der Waals surface area contributed by atoms with Gasteiger partial charge < -0.3 is 9.47 Å². The molecule has 19 heavy (non-hydrogen) atoms. The lowest BCUT2D eigenvalue weighted by molar-refractivity contribution is -0.143. The average molecular weight is 270 g/mol. The van der Waals surface area contributed by atoms with Gasteiger partial charge in [0.1, 0.15) is 0 Å². The number of hydrogen-bond donors (Lipinski definition) is 0. The predicted molar refractivity (Wildman–Crippen MR) is 77.1 cm³/mol. The fourth-order valence-corrected chi connectivity index (χ4v) is 2.48. The molecule has 0 aliphatic carbocycles. The molecule has 2 atom stereocenters. The Labute approximate surface area is 118 Å². The van der Waals surface area contributed by atoms with Gasteiger partial charge in [0.05, 0.1) is 18.8 Å². The van der Waals surface area contributed by atoms with Crippen molar-refractivity contribution in [1.29, 1.82) is 0 Å². The first-order chi connectivity index (χ1) is 9.27. The van der Waals surface area contributed by atoms with E-state index >= 15 is 0 Å². The molecule has 0 saturated carbocycles. The van der Waals surface area contributed by atoms with Crippen LogP contribution < -0.4 is 0 Å². The second kappa shape index (κ2) is 10.2. The molecule has 0 aromatic heterocycles. The van der Waals surface area contributed by atoms with Crippen LogP contribution in [0.15, 0.2) is 0 Å². The minimum atomic E-state index is -0.0633. The minimum absolute atomic E-state index is 0.0633. The highest BCUT2D eigenvalue weighted by molar-refractivity contribution is 5.69. The smallest absolute Gasteiger partial charge is 0.305 e. The Hall–Kier alpha value is -0.570. The Morgan fingerprint density at radius 1 is 0.947 bits per heavy atom. The van der Waals surface area contributed by atoms with E-state index in [1.807, 2.05) is 6.92 Å². The standard InChI is InChI=1S/C16H30O3/c1-3-5-6-7-8-11-14-15(19-14)12-9-10-13-16(17)18-4-2/h14-15H,3-13H2,1-2H3. The quantitative estimate of drug-likeness (QED) is 0.302. The minimum Gasteiger partial charge on any atom is -0.466 e. The van der Waals surface area contributed by atoms with Crippen LogP contribution in [0.1, 0.15) is 78.1 Å². The van der Waals surface area contributed by atoms with E-state index in [1.165, 1.54) is 38.5 Å². The molecule has 1 rings (SSSR count). The van der Waals surface area contributed by atoms with Crippen LogP contribution in [0.5, 0.6) is 0 Å². The number of ether oxygens (including phenoxy) is 2. The Morgan fingerprint density at radius 2 is 1.58 bits per heavy atom. The van der Waals surface area contributed by atoms with Crippen molar-refractivity contribution in [2.45, 2.75) is 90.3 Å². The Morgan fingerprint density at radius 3 is 2.21 bits per heavy atom. The summed E-state index contributed by atoms with van der Waals surface area (Å²) in [6.07, 6.45) is 12.6. The largest absolute Gasteiger partial charge is 0.466 e. The summed E-state index contributed by atoms with van der Waals surface area (Å²) in [6, 6.07) is 0. The summed E-state index contributed by atoms with van der Waals surface area (Å²) in [5.41, 5.74) is 0. The van der Waals surface area contributed by atoms with Gasteiger partial charge in [0, 0.05) is 6.42 Å². The molecule has 0 N–H and O–H groups in total. The number of carbonyl (C=O) groups is 1. The van der Waals surface area contributed by atoms with Crippen molar-refractivity contribution in [2.75, 3.05) is 6.61 Å². The Balaban J connectivity index is 1.84. The average Bonchev–Trinajstić information content (AvgIpc) is 3.13. The van der Waals surface area contributed by atoms with E-state index in [0.717, 1.165) is 19.3 Å². The van der Waals surface area contributed by atoms with Crippen LogP contribution >= 0.6 is 0 Å². The van der Waals surface area contributed by atoms with E-state index in [1.54, 1.807) is 0 Å². The molecule has 2 unspecified atom stereocenters. The van der Waals surface area contributed by atoms with E-state index in [9.17, 15) is 4.79 Å². The van der Waals surface area contributed by atoms with Crippen molar-refractivity contribution in [3.05, 3.63) is 0 Å². The zero-order valence-corrected chi connectivity index (χ0v) is 12.7. The lowest BCUT2D eigenvalue weighted by atomic mass is 10.1. The molecule has 3 nitrogen and oxygen atoms in total. The second-order valence-electron chi connectivity index (χ2n) is 5.47. The molecule has 112 valence electrons. The Bertz CT molecular complexity index is 240. The normalized spacial score (nSPS) is 21.4. The van der Waals surface area contributed by atoms with Crippen LogP contribution in [-0.2, 0) is 14.3 Å². The highest BCUT2D eigenvalue weighted by Crippen LogP contribution is 2.31. The molecular formula is C16H30O3. The van der Waals surface area contributed by atoms with Gasteiger partial charge in [0.15, 0.2) is 0 Å². The maximum atomic E-state index is 11.1. The second-order valence-corrected chi connectivity index (χ2v) is 5.47. The first-order valence-corrected chi connectivity index (χ1v) is 8.09. The third-order valence-electron chi connectivity index (χ3n) is 3.70. The fourth-order valence-electron chi connectivity index (χ4n) is 2.48. The van der Waals surface area contributed by atoms with E-state index in [-0.39, 0.29) is 5.97 Å². The third-order valence-corrected chi connectivity index (χ3v) is 3.70. The van der Waals surface area contributed by atoms with Gasteiger partial charge in [-0.25, -0.2) is 0 Å². The van der Waals surface area contributed by atoms with Crippen LogP contribution in [0.2, 0.25) is 0 Å². The molecule has 0 amide bonds. The summed E-state index contributed by atoms with van der Waals surface area (Å²) in [4.78, 5) is 11.1. The number of hydrogen-bond acceptors (Lipinski definition) is 3. The van der Waals surface area contributed by atoms with Crippen LogP contribution in [0, 0.1) is 0 Å². The van der Waals surface area contributed by atoms with Crippen LogP contribution in [0.3, 0.4) is 0 Å². The highest BCUT2D eigenvalue weighted by Gasteiger charge is 2.36. The zero-order chi connectivity index (χ0) is 13.9. The molecule has 0 radical (unpaired) electrons. The van der Waals surface area contributed by atoms with E-state index in [2.05, 4.69) is 6.92 Å². The lowest BCUT2D eigenvalue weighted by Crippen LogP contribution is -2.03. The molecule has 0 bridgehead atoms. The van der Waals surface area contributed by atoms with Crippen LogP contribution in [0.25, 0.3) is 0 Å². The van der Waals surface area contributed by atoms with Crippen molar-refractivity contribution < 1.29 is 14.3 Å². The van der Waals surface area contributed by atoms with Crippen LogP contribution in [0.4, 0.5) is 0 Å². The number of unbranched alkanes of at least 4 members (excludes halogenated alkanes) is 5. The molecular weight excluding hydrogens is 240 g/mol. The fraction of sp³-hybridized carbons (Fsp3) is 0.938. The van der Waals surface area contributed by atoms with Crippen molar-refractivity contribution in [3.63, 3.8) is 0 Å².